The van der Waals surface area contributed by atoms with Crippen LogP contribution in [0.4, 0.5) is 0 Å². The monoisotopic (exact) mass is 485 g/mol. The predicted molar refractivity (Wildman–Crippen MR) is 136 cm³/mol. The summed E-state index contributed by atoms with van der Waals surface area (Å²) in [5.41, 5.74) is 2.05. The zero-order chi connectivity index (χ0) is 23.9. The second kappa shape index (κ2) is 10.8. The lowest BCUT2D eigenvalue weighted by Crippen LogP contribution is -2.34. The van der Waals surface area contributed by atoms with E-state index in [0.717, 1.165) is 22.5 Å². The van der Waals surface area contributed by atoms with Crippen LogP contribution in [0.2, 0.25) is 5.02 Å². The summed E-state index contributed by atoms with van der Waals surface area (Å²) in [5.74, 6) is -0.512. The van der Waals surface area contributed by atoms with Crippen molar-refractivity contribution in [3.05, 3.63) is 121 Å². The SMILES string of the molecule is N#C/C(C(=O)NCCc1ccccc1)=c1\s/c(=C/c2ccc(Cl)cc2)c(=O)n1-c1ccccc1. The Morgan fingerprint density at radius 1 is 1.00 bits per heavy atom. The predicted octanol–water partition coefficient (Wildman–Crippen LogP) is 3.41. The number of nitrogens with one attached hydrogen (secondary N) is 1. The normalized spacial score (nSPS) is 12.2. The fourth-order valence-corrected chi connectivity index (χ4v) is 4.65. The van der Waals surface area contributed by atoms with Crippen LogP contribution in [0.3, 0.4) is 0 Å². The largest absolute Gasteiger partial charge is 0.351 e. The number of thiazole rings is 1. The molecule has 0 spiro atoms. The van der Waals surface area contributed by atoms with Gasteiger partial charge < -0.3 is 5.32 Å². The van der Waals surface area contributed by atoms with Crippen LogP contribution in [0.25, 0.3) is 17.3 Å². The van der Waals surface area contributed by atoms with Crippen molar-refractivity contribution in [3.63, 3.8) is 0 Å². The van der Waals surface area contributed by atoms with Gasteiger partial charge in [-0.1, -0.05) is 72.3 Å². The third-order valence-corrected chi connectivity index (χ3v) is 6.44. The zero-order valence-electron chi connectivity index (χ0n) is 18.1. The molecule has 0 bridgehead atoms. The lowest BCUT2D eigenvalue weighted by Gasteiger charge is -2.06. The molecular formula is C27H20ClN3O2S. The topological polar surface area (TPSA) is 74.9 Å². The lowest BCUT2D eigenvalue weighted by molar-refractivity contribution is -0.115. The quantitative estimate of drug-likeness (QED) is 0.454. The standard InChI is InChI=1S/C27H20ClN3O2S/c28-21-13-11-20(12-14-21)17-24-26(33)31(22-9-5-2-6-10-22)27(34-24)23(18-29)25(32)30-16-15-19-7-3-1-4-8-19/h1-14,17H,15-16H2,(H,30,32)/b24-17+,27-23+. The molecule has 34 heavy (non-hydrogen) atoms. The Morgan fingerprint density at radius 3 is 2.29 bits per heavy atom. The third kappa shape index (κ3) is 5.34. The molecular weight excluding hydrogens is 466 g/mol. The molecule has 3 aromatic carbocycles. The van der Waals surface area contributed by atoms with Crippen molar-refractivity contribution in [2.24, 2.45) is 0 Å². The van der Waals surface area contributed by atoms with E-state index in [1.165, 1.54) is 4.57 Å². The van der Waals surface area contributed by atoms with Gasteiger partial charge in [0.25, 0.3) is 11.5 Å². The molecule has 0 saturated heterocycles. The van der Waals surface area contributed by atoms with Gasteiger partial charge in [-0.25, -0.2) is 0 Å². The third-order valence-electron chi connectivity index (χ3n) is 5.10. The molecule has 0 fully saturated rings. The van der Waals surface area contributed by atoms with E-state index in [2.05, 4.69) is 5.32 Å². The van der Waals surface area contributed by atoms with Gasteiger partial charge >= 0.3 is 0 Å². The van der Waals surface area contributed by atoms with E-state index in [9.17, 15) is 14.9 Å². The summed E-state index contributed by atoms with van der Waals surface area (Å²) in [6, 6.07) is 27.9. The van der Waals surface area contributed by atoms with Gasteiger partial charge in [0, 0.05) is 11.6 Å². The highest BCUT2D eigenvalue weighted by Crippen LogP contribution is 2.10. The first kappa shape index (κ1) is 23.2. The summed E-state index contributed by atoms with van der Waals surface area (Å²) in [6.07, 6.45) is 2.37. The molecule has 4 aromatic rings. The Hall–Kier alpha value is -3.92. The van der Waals surface area contributed by atoms with Crippen LogP contribution in [0.1, 0.15) is 11.1 Å². The molecule has 0 aliphatic heterocycles. The highest BCUT2D eigenvalue weighted by atomic mass is 35.5. The van der Waals surface area contributed by atoms with Crippen molar-refractivity contribution in [2.75, 3.05) is 6.54 Å². The molecule has 0 unspecified atom stereocenters. The van der Waals surface area contributed by atoms with Crippen molar-refractivity contribution < 1.29 is 4.79 Å². The summed E-state index contributed by atoms with van der Waals surface area (Å²) < 4.78 is 2.11. The number of nitrogens with zero attached hydrogens (tertiary/aromatic N) is 2. The molecule has 168 valence electrons. The molecule has 1 N–H and O–H groups in total. The van der Waals surface area contributed by atoms with Crippen molar-refractivity contribution >= 4 is 40.5 Å². The smallest absolute Gasteiger partial charge is 0.273 e. The van der Waals surface area contributed by atoms with Crippen LogP contribution < -0.4 is 20.1 Å². The molecule has 4 rings (SSSR count). The molecule has 0 aliphatic carbocycles. The maximum atomic E-state index is 13.4. The highest BCUT2D eigenvalue weighted by molar-refractivity contribution is 7.07. The van der Waals surface area contributed by atoms with Crippen LogP contribution in [-0.2, 0) is 11.2 Å². The number of halogens is 1. The number of carbonyl (C=O) groups is 1. The maximum Gasteiger partial charge on any atom is 0.273 e. The number of rotatable bonds is 6. The van der Waals surface area contributed by atoms with Gasteiger partial charge in [0.1, 0.15) is 10.7 Å². The van der Waals surface area contributed by atoms with E-state index in [0.29, 0.717) is 28.2 Å². The molecule has 0 atom stereocenters. The number of amides is 1. The second-order valence-corrected chi connectivity index (χ2v) is 8.89. The number of hydrogen-bond acceptors (Lipinski definition) is 4. The summed E-state index contributed by atoms with van der Waals surface area (Å²) >= 11 is 7.08. The van der Waals surface area contributed by atoms with Crippen molar-refractivity contribution in [1.29, 1.82) is 5.26 Å². The van der Waals surface area contributed by atoms with E-state index in [1.807, 2.05) is 42.5 Å². The molecule has 7 heteroatoms. The van der Waals surface area contributed by atoms with Gasteiger partial charge in [-0.15, -0.1) is 11.3 Å². The molecule has 0 radical (unpaired) electrons. The first-order valence-electron chi connectivity index (χ1n) is 10.6. The summed E-state index contributed by atoms with van der Waals surface area (Å²) in [4.78, 5) is 26.3. The average Bonchev–Trinajstić information content (AvgIpc) is 3.17. The number of benzene rings is 3. The summed E-state index contributed by atoms with van der Waals surface area (Å²) in [6.45, 7) is 0.374. The van der Waals surface area contributed by atoms with Gasteiger partial charge in [-0.05, 0) is 47.9 Å². The first-order valence-corrected chi connectivity index (χ1v) is 11.8. The molecule has 1 heterocycles. The molecule has 0 saturated carbocycles. The van der Waals surface area contributed by atoms with Gasteiger partial charge in [0.15, 0.2) is 5.57 Å². The van der Waals surface area contributed by atoms with E-state index in [-0.39, 0.29) is 15.8 Å². The Bertz CT molecular complexity index is 1520. The summed E-state index contributed by atoms with van der Waals surface area (Å²) in [7, 11) is 0. The number of para-hydroxylation sites is 1. The van der Waals surface area contributed by atoms with E-state index in [4.69, 9.17) is 11.6 Å². The Labute approximate surface area is 205 Å². The van der Waals surface area contributed by atoms with Crippen LogP contribution in [0.15, 0.2) is 89.7 Å². The van der Waals surface area contributed by atoms with E-state index in [1.54, 1.807) is 54.6 Å². The molecule has 5 nitrogen and oxygen atoms in total. The fourth-order valence-electron chi connectivity index (χ4n) is 3.42. The minimum absolute atomic E-state index is 0.102. The lowest BCUT2D eigenvalue weighted by atomic mass is 10.1. The van der Waals surface area contributed by atoms with Gasteiger partial charge in [-0.3, -0.25) is 14.2 Å². The van der Waals surface area contributed by atoms with E-state index >= 15 is 0 Å². The van der Waals surface area contributed by atoms with Gasteiger partial charge in [0.05, 0.1) is 10.2 Å². The number of carbonyl (C=O) groups excluding carboxylic acids is 1. The van der Waals surface area contributed by atoms with Crippen LogP contribution in [-0.4, -0.2) is 17.0 Å². The molecule has 1 amide bonds. The molecule has 0 aliphatic rings. The summed E-state index contributed by atoms with van der Waals surface area (Å²) in [5, 5.41) is 13.3. The maximum absolute atomic E-state index is 13.4. The average molecular weight is 486 g/mol. The zero-order valence-corrected chi connectivity index (χ0v) is 19.6. The van der Waals surface area contributed by atoms with Crippen molar-refractivity contribution in [1.82, 2.24) is 9.88 Å². The van der Waals surface area contributed by atoms with E-state index < -0.39 is 5.91 Å². The minimum Gasteiger partial charge on any atom is -0.351 e. The Kier molecular flexibility index (Phi) is 7.38. The Morgan fingerprint density at radius 2 is 1.65 bits per heavy atom. The second-order valence-electron chi connectivity index (χ2n) is 7.42. The van der Waals surface area contributed by atoms with Crippen molar-refractivity contribution in [2.45, 2.75) is 6.42 Å². The van der Waals surface area contributed by atoms with Crippen molar-refractivity contribution in [3.8, 4) is 11.8 Å². The van der Waals surface area contributed by atoms with Crippen LogP contribution >= 0.6 is 22.9 Å². The Balaban J connectivity index is 1.79. The van der Waals surface area contributed by atoms with Gasteiger partial charge in [-0.2, -0.15) is 5.26 Å². The minimum atomic E-state index is -0.512. The fraction of sp³-hybridized carbons (Fsp3) is 0.0741. The molecule has 1 aromatic heterocycles. The number of aromatic nitrogens is 1. The van der Waals surface area contributed by atoms with Gasteiger partial charge in [0.2, 0.25) is 0 Å². The van der Waals surface area contributed by atoms with Crippen LogP contribution in [0.5, 0.6) is 0 Å². The first-order chi connectivity index (χ1) is 16.6. The highest BCUT2D eigenvalue weighted by Gasteiger charge is 2.16. The number of hydrogen-bond donors (Lipinski definition) is 1. The number of nitriles is 1. The van der Waals surface area contributed by atoms with Crippen LogP contribution in [0, 0.1) is 11.3 Å².